The zero-order valence-electron chi connectivity index (χ0n) is 8.98. The van der Waals surface area contributed by atoms with Crippen LogP contribution in [0.4, 0.5) is 0 Å². The maximum atomic E-state index is 11.7. The van der Waals surface area contributed by atoms with Gasteiger partial charge in [-0.3, -0.25) is 4.79 Å². The van der Waals surface area contributed by atoms with E-state index in [-0.39, 0.29) is 23.5 Å². The molecule has 0 bridgehead atoms. The fraction of sp³-hybridized carbons (Fsp3) is 0.500. The van der Waals surface area contributed by atoms with E-state index in [0.717, 1.165) is 8.66 Å². The van der Waals surface area contributed by atoms with E-state index in [2.05, 4.69) is 21.2 Å². The molecule has 0 spiro atoms. The molecule has 1 fully saturated rings. The fourth-order valence-corrected chi connectivity index (χ4v) is 4.95. The second-order valence-corrected chi connectivity index (χ2v) is 8.83. The normalized spacial score (nSPS) is 22.5. The van der Waals surface area contributed by atoms with Gasteiger partial charge in [-0.05, 0) is 34.5 Å². The van der Waals surface area contributed by atoms with Crippen molar-refractivity contribution >= 4 is 43.0 Å². The predicted octanol–water partition coefficient (Wildman–Crippen LogP) is 1.36. The van der Waals surface area contributed by atoms with Crippen LogP contribution in [0.25, 0.3) is 0 Å². The summed E-state index contributed by atoms with van der Waals surface area (Å²) in [4.78, 5) is 12.6. The molecule has 1 N–H and O–H groups in total. The number of sulfone groups is 1. The SMILES string of the molecule is O=C(Cc1ccc(Br)s1)NC1CCS(=O)(=O)C1. The zero-order chi connectivity index (χ0) is 12.5. The molecule has 1 saturated heterocycles. The highest BCUT2D eigenvalue weighted by Gasteiger charge is 2.28. The lowest BCUT2D eigenvalue weighted by molar-refractivity contribution is -0.120. The summed E-state index contributed by atoms with van der Waals surface area (Å²) in [6.45, 7) is 0. The van der Waals surface area contributed by atoms with Crippen LogP contribution in [0.15, 0.2) is 15.9 Å². The first-order chi connectivity index (χ1) is 7.94. The van der Waals surface area contributed by atoms with Gasteiger partial charge >= 0.3 is 0 Å². The van der Waals surface area contributed by atoms with Gasteiger partial charge in [-0.1, -0.05) is 0 Å². The van der Waals surface area contributed by atoms with Crippen LogP contribution < -0.4 is 5.32 Å². The van der Waals surface area contributed by atoms with Gasteiger partial charge in [0.05, 0.1) is 21.7 Å². The number of nitrogens with one attached hydrogen (secondary N) is 1. The highest BCUT2D eigenvalue weighted by atomic mass is 79.9. The third kappa shape index (κ3) is 3.79. The van der Waals surface area contributed by atoms with Crippen molar-refractivity contribution in [1.82, 2.24) is 5.32 Å². The summed E-state index contributed by atoms with van der Waals surface area (Å²) < 4.78 is 23.4. The Hall–Kier alpha value is -0.400. The minimum absolute atomic E-state index is 0.0763. The molecule has 2 heterocycles. The van der Waals surface area contributed by atoms with Crippen LogP contribution in [0.5, 0.6) is 0 Å². The molecule has 1 aromatic rings. The molecular weight excluding hydrogens is 326 g/mol. The Bertz CT molecular complexity index is 523. The van der Waals surface area contributed by atoms with E-state index in [1.807, 2.05) is 12.1 Å². The van der Waals surface area contributed by atoms with Crippen molar-refractivity contribution in [3.05, 3.63) is 20.8 Å². The van der Waals surface area contributed by atoms with Crippen LogP contribution in [-0.2, 0) is 21.1 Å². The molecule has 7 heteroatoms. The van der Waals surface area contributed by atoms with E-state index < -0.39 is 9.84 Å². The molecule has 2 rings (SSSR count). The molecule has 1 aliphatic rings. The van der Waals surface area contributed by atoms with Crippen LogP contribution in [0.2, 0.25) is 0 Å². The van der Waals surface area contributed by atoms with E-state index in [9.17, 15) is 13.2 Å². The van der Waals surface area contributed by atoms with Gasteiger partial charge in [0.1, 0.15) is 0 Å². The number of thiophene rings is 1. The minimum atomic E-state index is -2.93. The average Bonchev–Trinajstić information content (AvgIpc) is 2.73. The van der Waals surface area contributed by atoms with Gasteiger partial charge in [0.15, 0.2) is 9.84 Å². The molecule has 17 heavy (non-hydrogen) atoms. The standard InChI is InChI=1S/C10H12BrNO3S2/c11-9-2-1-8(16-9)5-10(13)12-7-3-4-17(14,15)6-7/h1-2,7H,3-6H2,(H,12,13). The smallest absolute Gasteiger partial charge is 0.225 e. The topological polar surface area (TPSA) is 63.2 Å². The fourth-order valence-electron chi connectivity index (χ4n) is 1.79. The average molecular weight is 338 g/mol. The summed E-state index contributed by atoms with van der Waals surface area (Å²) in [6, 6.07) is 3.57. The summed E-state index contributed by atoms with van der Waals surface area (Å²) in [7, 11) is -2.93. The van der Waals surface area contributed by atoms with E-state index in [1.165, 1.54) is 11.3 Å². The first kappa shape index (κ1) is 13.0. The largest absolute Gasteiger partial charge is 0.352 e. The second kappa shape index (κ2) is 5.07. The molecule has 4 nitrogen and oxygen atoms in total. The maximum absolute atomic E-state index is 11.7. The summed E-state index contributed by atoms with van der Waals surface area (Å²) in [5.41, 5.74) is 0. The molecule has 1 unspecified atom stereocenters. The first-order valence-electron chi connectivity index (χ1n) is 5.19. The van der Waals surface area contributed by atoms with Crippen LogP contribution in [0, 0.1) is 0 Å². The third-order valence-corrected chi connectivity index (χ3v) is 5.95. The van der Waals surface area contributed by atoms with E-state index in [0.29, 0.717) is 12.8 Å². The van der Waals surface area contributed by atoms with Crippen molar-refractivity contribution in [1.29, 1.82) is 0 Å². The molecule has 0 saturated carbocycles. The zero-order valence-corrected chi connectivity index (χ0v) is 12.2. The van der Waals surface area contributed by atoms with Crippen LogP contribution in [0.1, 0.15) is 11.3 Å². The molecule has 0 aromatic carbocycles. The quantitative estimate of drug-likeness (QED) is 0.905. The van der Waals surface area contributed by atoms with E-state index in [1.54, 1.807) is 0 Å². The highest BCUT2D eigenvalue weighted by molar-refractivity contribution is 9.11. The highest BCUT2D eigenvalue weighted by Crippen LogP contribution is 2.22. The number of hydrogen-bond donors (Lipinski definition) is 1. The number of hydrogen-bond acceptors (Lipinski definition) is 4. The van der Waals surface area contributed by atoms with Crippen molar-refractivity contribution in [3.63, 3.8) is 0 Å². The molecule has 1 aromatic heterocycles. The summed E-state index contributed by atoms with van der Waals surface area (Å²) in [5, 5.41) is 2.77. The third-order valence-electron chi connectivity index (χ3n) is 2.56. The van der Waals surface area contributed by atoms with Crippen molar-refractivity contribution < 1.29 is 13.2 Å². The molecule has 1 amide bonds. The summed E-state index contributed by atoms with van der Waals surface area (Å²) in [6.07, 6.45) is 0.842. The Morgan fingerprint density at radius 1 is 1.53 bits per heavy atom. The Labute approximate surface area is 112 Å². The predicted molar refractivity (Wildman–Crippen MR) is 70.9 cm³/mol. The Morgan fingerprint density at radius 2 is 2.29 bits per heavy atom. The molecule has 1 atom stereocenters. The van der Waals surface area contributed by atoms with Gasteiger partial charge in [-0.2, -0.15) is 0 Å². The number of carbonyl (C=O) groups is 1. The molecule has 0 radical (unpaired) electrons. The number of amides is 1. The Kier molecular flexibility index (Phi) is 3.89. The van der Waals surface area contributed by atoms with E-state index in [4.69, 9.17) is 0 Å². The number of rotatable bonds is 3. The van der Waals surface area contributed by atoms with Crippen molar-refractivity contribution in [2.45, 2.75) is 18.9 Å². The summed E-state index contributed by atoms with van der Waals surface area (Å²) in [5.74, 6) is 0.150. The first-order valence-corrected chi connectivity index (χ1v) is 8.62. The monoisotopic (exact) mass is 337 g/mol. The maximum Gasteiger partial charge on any atom is 0.225 e. The van der Waals surface area contributed by atoms with Crippen LogP contribution in [-0.4, -0.2) is 31.9 Å². The Balaban J connectivity index is 1.86. The van der Waals surface area contributed by atoms with Gasteiger partial charge in [0.2, 0.25) is 5.91 Å². The second-order valence-electron chi connectivity index (χ2n) is 4.05. The minimum Gasteiger partial charge on any atom is -0.352 e. The number of carbonyl (C=O) groups excluding carboxylic acids is 1. The Morgan fingerprint density at radius 3 is 2.82 bits per heavy atom. The molecule has 1 aliphatic heterocycles. The van der Waals surface area contributed by atoms with Crippen LogP contribution in [0.3, 0.4) is 0 Å². The van der Waals surface area contributed by atoms with Gasteiger partial charge in [-0.25, -0.2) is 8.42 Å². The van der Waals surface area contributed by atoms with Crippen molar-refractivity contribution in [2.75, 3.05) is 11.5 Å². The van der Waals surface area contributed by atoms with Gasteiger partial charge < -0.3 is 5.32 Å². The molecular formula is C10H12BrNO3S2. The van der Waals surface area contributed by atoms with Gasteiger partial charge in [0, 0.05) is 10.9 Å². The van der Waals surface area contributed by atoms with Gasteiger partial charge in [0.25, 0.3) is 0 Å². The lowest BCUT2D eigenvalue weighted by Gasteiger charge is -2.09. The lowest BCUT2D eigenvalue weighted by atomic mass is 10.2. The molecule has 0 aliphatic carbocycles. The van der Waals surface area contributed by atoms with Crippen LogP contribution >= 0.6 is 27.3 Å². The van der Waals surface area contributed by atoms with Gasteiger partial charge in [-0.15, -0.1) is 11.3 Å². The van der Waals surface area contributed by atoms with Crippen molar-refractivity contribution in [3.8, 4) is 0 Å². The van der Waals surface area contributed by atoms with E-state index >= 15 is 0 Å². The summed E-state index contributed by atoms with van der Waals surface area (Å²) >= 11 is 4.84. The van der Waals surface area contributed by atoms with Crippen molar-refractivity contribution in [2.24, 2.45) is 0 Å². The number of halogens is 1. The lowest BCUT2D eigenvalue weighted by Crippen LogP contribution is -2.36. The molecule has 94 valence electrons.